The lowest BCUT2D eigenvalue weighted by molar-refractivity contribution is 0.104. The van der Waals surface area contributed by atoms with E-state index in [1.54, 1.807) is 48.5 Å². The van der Waals surface area contributed by atoms with Gasteiger partial charge in [-0.1, -0.05) is 41.9 Å². The number of hydrogen-bond acceptors (Lipinski definition) is 2. The number of allylic oxidation sites excluding steroid dienone is 1. The maximum absolute atomic E-state index is 11.9. The Morgan fingerprint density at radius 3 is 2.68 bits per heavy atom. The highest BCUT2D eigenvalue weighted by Crippen LogP contribution is 2.12. The Hall–Kier alpha value is -2.37. The first kappa shape index (κ1) is 13.1. The van der Waals surface area contributed by atoms with Gasteiger partial charge in [0.1, 0.15) is 0 Å². The lowest BCUT2D eigenvalue weighted by Crippen LogP contribution is -1.93. The fraction of sp³-hybridized carbons (Fsp3) is 0. The summed E-state index contributed by atoms with van der Waals surface area (Å²) < 4.78 is 0. The van der Waals surface area contributed by atoms with E-state index in [4.69, 9.17) is 16.9 Å². The second kappa shape index (κ2) is 5.99. The summed E-state index contributed by atoms with van der Waals surface area (Å²) in [6.07, 6.45) is 3.16. The second-order valence-corrected chi connectivity index (χ2v) is 4.38. The zero-order valence-electron chi connectivity index (χ0n) is 10.0. The van der Waals surface area contributed by atoms with Crippen molar-refractivity contribution in [1.82, 2.24) is 0 Å². The molecule has 0 amide bonds. The van der Waals surface area contributed by atoms with Crippen molar-refractivity contribution < 1.29 is 4.79 Å². The van der Waals surface area contributed by atoms with Gasteiger partial charge in [-0.05, 0) is 35.9 Å². The molecule has 0 heterocycles. The molecule has 0 fully saturated rings. The molecule has 0 aliphatic heterocycles. The van der Waals surface area contributed by atoms with Crippen LogP contribution in [0.2, 0.25) is 5.02 Å². The first-order valence-electron chi connectivity index (χ1n) is 5.67. The molecule has 0 saturated heterocycles. The third-order valence-corrected chi connectivity index (χ3v) is 2.79. The number of nitrogens with zero attached hydrogens (tertiary/aromatic N) is 1. The van der Waals surface area contributed by atoms with Gasteiger partial charge in [-0.2, -0.15) is 5.26 Å². The average Bonchev–Trinajstić information content (AvgIpc) is 2.45. The van der Waals surface area contributed by atoms with E-state index in [-0.39, 0.29) is 5.78 Å². The van der Waals surface area contributed by atoms with Crippen molar-refractivity contribution in [1.29, 1.82) is 5.26 Å². The van der Waals surface area contributed by atoms with E-state index in [2.05, 4.69) is 6.07 Å². The first-order chi connectivity index (χ1) is 9.19. The van der Waals surface area contributed by atoms with Crippen LogP contribution in [-0.4, -0.2) is 5.78 Å². The van der Waals surface area contributed by atoms with Crippen LogP contribution in [0.5, 0.6) is 0 Å². The Morgan fingerprint density at radius 2 is 1.95 bits per heavy atom. The van der Waals surface area contributed by atoms with Crippen LogP contribution in [0, 0.1) is 11.3 Å². The van der Waals surface area contributed by atoms with Crippen molar-refractivity contribution in [3.05, 3.63) is 76.3 Å². The van der Waals surface area contributed by atoms with Crippen LogP contribution in [0.25, 0.3) is 6.08 Å². The summed E-state index contributed by atoms with van der Waals surface area (Å²) in [6, 6.07) is 15.9. The van der Waals surface area contributed by atoms with Gasteiger partial charge in [-0.3, -0.25) is 4.79 Å². The van der Waals surface area contributed by atoms with Gasteiger partial charge in [0.15, 0.2) is 5.78 Å². The quantitative estimate of drug-likeness (QED) is 0.620. The molecule has 0 N–H and O–H groups in total. The molecule has 92 valence electrons. The number of carbonyl (C=O) groups excluding carboxylic acids is 1. The lowest BCUT2D eigenvalue weighted by Gasteiger charge is -1.97. The molecule has 0 saturated carbocycles. The van der Waals surface area contributed by atoms with Crippen molar-refractivity contribution in [3.8, 4) is 6.07 Å². The lowest BCUT2D eigenvalue weighted by atomic mass is 10.1. The molecular formula is C16H10ClNO. The van der Waals surface area contributed by atoms with Gasteiger partial charge in [-0.25, -0.2) is 0 Å². The molecule has 0 unspecified atom stereocenters. The molecule has 0 spiro atoms. The SMILES string of the molecule is N#Cc1cccc(/C=C/C(=O)c2cccc(Cl)c2)c1. The van der Waals surface area contributed by atoms with Crippen LogP contribution in [0.15, 0.2) is 54.6 Å². The largest absolute Gasteiger partial charge is 0.289 e. The monoisotopic (exact) mass is 267 g/mol. The van der Waals surface area contributed by atoms with E-state index in [1.807, 2.05) is 6.07 Å². The maximum atomic E-state index is 11.9. The molecule has 2 nitrogen and oxygen atoms in total. The molecule has 0 aliphatic rings. The van der Waals surface area contributed by atoms with Gasteiger partial charge < -0.3 is 0 Å². The molecule has 0 bridgehead atoms. The summed E-state index contributed by atoms with van der Waals surface area (Å²) in [5, 5.41) is 9.33. The fourth-order valence-corrected chi connectivity index (χ4v) is 1.81. The summed E-state index contributed by atoms with van der Waals surface area (Å²) in [4.78, 5) is 11.9. The normalized spacial score (nSPS) is 10.3. The standard InChI is InChI=1S/C16H10ClNO/c17-15-6-2-5-14(10-15)16(19)8-7-12-3-1-4-13(9-12)11-18/h1-10H/b8-7+. The topological polar surface area (TPSA) is 40.9 Å². The zero-order chi connectivity index (χ0) is 13.7. The number of halogens is 1. The molecule has 19 heavy (non-hydrogen) atoms. The van der Waals surface area contributed by atoms with Gasteiger partial charge >= 0.3 is 0 Å². The minimum Gasteiger partial charge on any atom is -0.289 e. The van der Waals surface area contributed by atoms with Crippen molar-refractivity contribution in [2.75, 3.05) is 0 Å². The summed E-state index contributed by atoms with van der Waals surface area (Å²) in [7, 11) is 0. The van der Waals surface area contributed by atoms with Crippen LogP contribution in [0.4, 0.5) is 0 Å². The minimum atomic E-state index is -0.120. The van der Waals surface area contributed by atoms with Gasteiger partial charge in [0, 0.05) is 10.6 Å². The van der Waals surface area contributed by atoms with E-state index in [0.29, 0.717) is 16.1 Å². The predicted molar refractivity (Wildman–Crippen MR) is 76.0 cm³/mol. The molecular weight excluding hydrogens is 258 g/mol. The first-order valence-corrected chi connectivity index (χ1v) is 6.05. The number of carbonyl (C=O) groups is 1. The van der Waals surface area contributed by atoms with E-state index in [0.717, 1.165) is 5.56 Å². The van der Waals surface area contributed by atoms with Gasteiger partial charge in [0.25, 0.3) is 0 Å². The van der Waals surface area contributed by atoms with E-state index in [1.165, 1.54) is 6.08 Å². The third-order valence-electron chi connectivity index (χ3n) is 2.55. The molecule has 2 aromatic carbocycles. The van der Waals surface area contributed by atoms with E-state index in [9.17, 15) is 4.79 Å². The van der Waals surface area contributed by atoms with Crippen molar-refractivity contribution >= 4 is 23.5 Å². The molecule has 0 atom stereocenters. The summed E-state index contributed by atoms with van der Waals surface area (Å²) in [6.45, 7) is 0. The molecule has 2 aromatic rings. The van der Waals surface area contributed by atoms with Crippen LogP contribution in [0.3, 0.4) is 0 Å². The van der Waals surface area contributed by atoms with Crippen LogP contribution < -0.4 is 0 Å². The minimum absolute atomic E-state index is 0.120. The van der Waals surface area contributed by atoms with Gasteiger partial charge in [-0.15, -0.1) is 0 Å². The van der Waals surface area contributed by atoms with Crippen LogP contribution in [0.1, 0.15) is 21.5 Å². The molecule has 0 aliphatic carbocycles. The Morgan fingerprint density at radius 1 is 1.16 bits per heavy atom. The van der Waals surface area contributed by atoms with Crippen LogP contribution in [-0.2, 0) is 0 Å². The van der Waals surface area contributed by atoms with Crippen LogP contribution >= 0.6 is 11.6 Å². The molecule has 0 aromatic heterocycles. The number of ketones is 1. The fourth-order valence-electron chi connectivity index (χ4n) is 1.62. The van der Waals surface area contributed by atoms with Crippen molar-refractivity contribution in [2.24, 2.45) is 0 Å². The van der Waals surface area contributed by atoms with E-state index < -0.39 is 0 Å². The number of rotatable bonds is 3. The van der Waals surface area contributed by atoms with Crippen molar-refractivity contribution in [3.63, 3.8) is 0 Å². The predicted octanol–water partition coefficient (Wildman–Crippen LogP) is 4.11. The third kappa shape index (κ3) is 3.54. The summed E-state index contributed by atoms with van der Waals surface area (Å²) in [5.74, 6) is -0.120. The Kier molecular flexibility index (Phi) is 4.12. The van der Waals surface area contributed by atoms with Gasteiger partial charge in [0.2, 0.25) is 0 Å². The Balaban J connectivity index is 2.18. The average molecular weight is 268 g/mol. The van der Waals surface area contributed by atoms with E-state index >= 15 is 0 Å². The molecule has 2 rings (SSSR count). The van der Waals surface area contributed by atoms with Gasteiger partial charge in [0.05, 0.1) is 11.6 Å². The zero-order valence-corrected chi connectivity index (χ0v) is 10.8. The molecule has 3 heteroatoms. The molecule has 0 radical (unpaired) electrons. The Labute approximate surface area is 116 Å². The number of benzene rings is 2. The maximum Gasteiger partial charge on any atom is 0.185 e. The number of nitriles is 1. The smallest absolute Gasteiger partial charge is 0.185 e. The Bertz CT molecular complexity index is 683. The highest BCUT2D eigenvalue weighted by molar-refractivity contribution is 6.31. The highest BCUT2D eigenvalue weighted by Gasteiger charge is 2.01. The summed E-state index contributed by atoms with van der Waals surface area (Å²) in [5.41, 5.74) is 1.92. The van der Waals surface area contributed by atoms with Crippen molar-refractivity contribution in [2.45, 2.75) is 0 Å². The number of hydrogen-bond donors (Lipinski definition) is 0. The summed E-state index contributed by atoms with van der Waals surface area (Å²) >= 11 is 5.83. The second-order valence-electron chi connectivity index (χ2n) is 3.95. The highest BCUT2D eigenvalue weighted by atomic mass is 35.5.